The predicted molar refractivity (Wildman–Crippen MR) is 94.2 cm³/mol. The number of ether oxygens (including phenoxy) is 1. The van der Waals surface area contributed by atoms with Gasteiger partial charge in [0.2, 0.25) is 0 Å². The lowest BCUT2D eigenvalue weighted by Gasteiger charge is -2.06. The van der Waals surface area contributed by atoms with Crippen molar-refractivity contribution in [2.75, 3.05) is 6.61 Å². The summed E-state index contributed by atoms with van der Waals surface area (Å²) in [5, 5.41) is 7.52. The van der Waals surface area contributed by atoms with Crippen molar-refractivity contribution in [2.24, 2.45) is 5.73 Å². The van der Waals surface area contributed by atoms with Crippen LogP contribution < -0.4 is 5.73 Å². The van der Waals surface area contributed by atoms with Crippen molar-refractivity contribution < 1.29 is 9.53 Å². The van der Waals surface area contributed by atoms with Crippen molar-refractivity contribution >= 4 is 22.8 Å². The minimum Gasteiger partial charge on any atom is -0.466 e. The van der Waals surface area contributed by atoms with Crippen LogP contribution in [0.4, 0.5) is 0 Å². The van der Waals surface area contributed by atoms with E-state index < -0.39 is 0 Å². The number of aryl methyl sites for hydroxylation is 1. The van der Waals surface area contributed by atoms with Gasteiger partial charge in [-0.1, -0.05) is 0 Å². The molecule has 2 heterocycles. The molecule has 0 bridgehead atoms. The number of imidazole rings is 2. The molecule has 3 rings (SSSR count). The summed E-state index contributed by atoms with van der Waals surface area (Å²) in [6, 6.07) is 5.39. The third kappa shape index (κ3) is 3.68. The Morgan fingerprint density at radius 2 is 2.28 bits per heavy atom. The third-order valence-electron chi connectivity index (χ3n) is 3.81. The number of carbonyl (C=O) groups is 1. The van der Waals surface area contributed by atoms with Gasteiger partial charge in [0.15, 0.2) is 11.6 Å². The van der Waals surface area contributed by atoms with E-state index in [1.54, 1.807) is 25.3 Å². The summed E-state index contributed by atoms with van der Waals surface area (Å²) >= 11 is 0. The van der Waals surface area contributed by atoms with E-state index in [9.17, 15) is 4.79 Å². The van der Waals surface area contributed by atoms with Crippen LogP contribution in [0, 0.1) is 5.41 Å². The standard InChI is InChI=1S/C17H20N6O2/c1-2-25-14(24)4-3-8-23-9-7-20-17(23)16-21-12-6-5-11(15(18)19)10-13(12)22-16/h5-7,9-10H,2-4,8H2,1H3,(H3,18,19)(H,21,22). The Labute approximate surface area is 144 Å². The van der Waals surface area contributed by atoms with Crippen LogP contribution in [0.5, 0.6) is 0 Å². The van der Waals surface area contributed by atoms with Gasteiger partial charge in [0.25, 0.3) is 0 Å². The van der Waals surface area contributed by atoms with Crippen LogP contribution in [-0.4, -0.2) is 37.9 Å². The molecule has 0 fully saturated rings. The summed E-state index contributed by atoms with van der Waals surface area (Å²) < 4.78 is 6.88. The van der Waals surface area contributed by atoms with Gasteiger partial charge >= 0.3 is 5.97 Å². The predicted octanol–water partition coefficient (Wildman–Crippen LogP) is 2.05. The van der Waals surface area contributed by atoms with E-state index in [2.05, 4.69) is 15.0 Å². The van der Waals surface area contributed by atoms with E-state index in [0.717, 1.165) is 11.0 Å². The number of aromatic amines is 1. The molecule has 0 aliphatic heterocycles. The zero-order valence-corrected chi connectivity index (χ0v) is 14.0. The number of H-pyrrole nitrogens is 1. The maximum absolute atomic E-state index is 11.4. The lowest BCUT2D eigenvalue weighted by Crippen LogP contribution is -2.10. The number of aromatic nitrogens is 4. The number of rotatable bonds is 7. The fraction of sp³-hybridized carbons (Fsp3) is 0.294. The largest absolute Gasteiger partial charge is 0.466 e. The Bertz CT molecular complexity index is 911. The van der Waals surface area contributed by atoms with Crippen LogP contribution in [-0.2, 0) is 16.1 Å². The van der Waals surface area contributed by atoms with Crippen molar-refractivity contribution in [3.63, 3.8) is 0 Å². The van der Waals surface area contributed by atoms with Gasteiger partial charge in [0, 0.05) is 30.9 Å². The summed E-state index contributed by atoms with van der Waals surface area (Å²) in [6.07, 6.45) is 4.59. The minimum absolute atomic E-state index is 0.00640. The van der Waals surface area contributed by atoms with Gasteiger partial charge in [-0.3, -0.25) is 10.2 Å². The maximum atomic E-state index is 11.4. The lowest BCUT2D eigenvalue weighted by atomic mass is 10.2. The molecular formula is C17H20N6O2. The Hall–Kier alpha value is -3.16. The first kappa shape index (κ1) is 16.7. The zero-order valence-electron chi connectivity index (χ0n) is 14.0. The molecule has 0 aliphatic carbocycles. The topological polar surface area (TPSA) is 123 Å². The highest BCUT2D eigenvalue weighted by atomic mass is 16.5. The molecule has 0 saturated heterocycles. The number of nitrogens with one attached hydrogen (secondary N) is 2. The number of nitrogens with zero attached hydrogens (tertiary/aromatic N) is 3. The molecule has 0 amide bonds. The third-order valence-corrected chi connectivity index (χ3v) is 3.81. The molecule has 8 heteroatoms. The highest BCUT2D eigenvalue weighted by Crippen LogP contribution is 2.20. The quantitative estimate of drug-likeness (QED) is 0.345. The van der Waals surface area contributed by atoms with E-state index in [1.807, 2.05) is 16.8 Å². The monoisotopic (exact) mass is 340 g/mol. The van der Waals surface area contributed by atoms with Crippen LogP contribution in [0.15, 0.2) is 30.6 Å². The van der Waals surface area contributed by atoms with Crippen LogP contribution >= 0.6 is 0 Å². The van der Waals surface area contributed by atoms with Crippen LogP contribution in [0.2, 0.25) is 0 Å². The number of amidine groups is 1. The molecule has 4 N–H and O–H groups in total. The highest BCUT2D eigenvalue weighted by molar-refractivity contribution is 5.98. The van der Waals surface area contributed by atoms with Crippen molar-refractivity contribution in [1.29, 1.82) is 5.41 Å². The van der Waals surface area contributed by atoms with Crippen LogP contribution in [0.1, 0.15) is 25.3 Å². The van der Waals surface area contributed by atoms with Crippen LogP contribution in [0.3, 0.4) is 0 Å². The molecule has 3 aromatic rings. The second kappa shape index (κ2) is 7.16. The summed E-state index contributed by atoms with van der Waals surface area (Å²) in [7, 11) is 0. The highest BCUT2D eigenvalue weighted by Gasteiger charge is 2.12. The molecule has 2 aromatic heterocycles. The number of benzene rings is 1. The van der Waals surface area contributed by atoms with E-state index in [4.69, 9.17) is 15.9 Å². The summed E-state index contributed by atoms with van der Waals surface area (Å²) in [6.45, 7) is 2.84. The number of nitrogens with two attached hydrogens (primary N) is 1. The average Bonchev–Trinajstić information content (AvgIpc) is 3.20. The number of hydrogen-bond donors (Lipinski definition) is 3. The molecule has 130 valence electrons. The Morgan fingerprint density at radius 3 is 3.04 bits per heavy atom. The molecule has 0 spiro atoms. The smallest absolute Gasteiger partial charge is 0.305 e. The van der Waals surface area contributed by atoms with Gasteiger partial charge in [-0.05, 0) is 31.5 Å². The molecule has 0 radical (unpaired) electrons. The van der Waals surface area contributed by atoms with Gasteiger partial charge in [0.05, 0.1) is 17.6 Å². The number of carbonyl (C=O) groups excluding carboxylic acids is 1. The zero-order chi connectivity index (χ0) is 17.8. The first-order valence-electron chi connectivity index (χ1n) is 8.09. The van der Waals surface area contributed by atoms with Crippen molar-refractivity contribution in [2.45, 2.75) is 26.3 Å². The fourth-order valence-corrected chi connectivity index (χ4v) is 2.61. The molecule has 0 aliphatic rings. The fourth-order valence-electron chi connectivity index (χ4n) is 2.61. The van der Waals surface area contributed by atoms with Crippen molar-refractivity contribution in [3.05, 3.63) is 36.2 Å². The number of hydrogen-bond acceptors (Lipinski definition) is 5. The van der Waals surface area contributed by atoms with Gasteiger partial charge in [-0.25, -0.2) is 9.97 Å². The molecule has 0 atom stereocenters. The summed E-state index contributed by atoms with van der Waals surface area (Å²) in [5.74, 6) is 1.15. The Morgan fingerprint density at radius 1 is 1.44 bits per heavy atom. The first-order valence-corrected chi connectivity index (χ1v) is 8.09. The molecule has 1 aromatic carbocycles. The summed E-state index contributed by atoms with van der Waals surface area (Å²) in [4.78, 5) is 23.6. The molecule has 0 unspecified atom stereocenters. The van der Waals surface area contributed by atoms with Gasteiger partial charge in [-0.15, -0.1) is 0 Å². The number of nitrogen functional groups attached to an aromatic ring is 1. The second-order valence-electron chi connectivity index (χ2n) is 5.58. The van der Waals surface area contributed by atoms with Crippen molar-refractivity contribution in [3.8, 4) is 11.6 Å². The number of fused-ring (bicyclic) bond motifs is 1. The number of esters is 1. The second-order valence-corrected chi connectivity index (χ2v) is 5.58. The van der Waals surface area contributed by atoms with E-state index >= 15 is 0 Å². The summed E-state index contributed by atoms with van der Waals surface area (Å²) in [5.41, 5.74) is 7.72. The van der Waals surface area contributed by atoms with Crippen LogP contribution in [0.25, 0.3) is 22.7 Å². The SMILES string of the molecule is CCOC(=O)CCCn1ccnc1-c1nc2cc(C(=N)N)ccc2[nH]1. The van der Waals surface area contributed by atoms with E-state index in [0.29, 0.717) is 43.2 Å². The van der Waals surface area contributed by atoms with Gasteiger partial charge < -0.3 is 20.0 Å². The van der Waals surface area contributed by atoms with Crippen molar-refractivity contribution in [1.82, 2.24) is 19.5 Å². The normalized spacial score (nSPS) is 10.9. The average molecular weight is 340 g/mol. The Kier molecular flexibility index (Phi) is 4.78. The van der Waals surface area contributed by atoms with Gasteiger partial charge in [0.1, 0.15) is 5.84 Å². The Balaban J connectivity index is 1.78. The maximum Gasteiger partial charge on any atom is 0.305 e. The van der Waals surface area contributed by atoms with Gasteiger partial charge in [-0.2, -0.15) is 0 Å². The molecule has 25 heavy (non-hydrogen) atoms. The first-order chi connectivity index (χ1) is 12.1. The minimum atomic E-state index is -0.190. The van der Waals surface area contributed by atoms with E-state index in [-0.39, 0.29) is 11.8 Å². The molecule has 0 saturated carbocycles. The molecular weight excluding hydrogens is 320 g/mol. The molecule has 8 nitrogen and oxygen atoms in total. The lowest BCUT2D eigenvalue weighted by molar-refractivity contribution is -0.143. The van der Waals surface area contributed by atoms with E-state index in [1.165, 1.54) is 0 Å².